The molecule has 0 spiro atoms. The van der Waals surface area contributed by atoms with Crippen LogP contribution in [-0.4, -0.2) is 49.2 Å². The molecule has 21 heavy (non-hydrogen) atoms. The first-order valence-corrected chi connectivity index (χ1v) is 7.22. The van der Waals surface area contributed by atoms with Gasteiger partial charge in [0, 0.05) is 30.8 Å². The molecule has 2 saturated heterocycles. The molecular weight excluding hydrogens is 278 g/mol. The lowest BCUT2D eigenvalue weighted by Gasteiger charge is -2.35. The number of hydrogen-bond acceptors (Lipinski definition) is 3. The van der Waals surface area contributed by atoms with Crippen molar-refractivity contribution in [1.82, 2.24) is 10.2 Å². The zero-order chi connectivity index (χ0) is 14.8. The van der Waals surface area contributed by atoms with Crippen LogP contribution < -0.4 is 5.32 Å². The van der Waals surface area contributed by atoms with Gasteiger partial charge in [-0.05, 0) is 31.5 Å². The fraction of sp³-hybridized carbons (Fsp3) is 0.533. The average molecular weight is 296 g/mol. The third kappa shape index (κ3) is 3.39. The second-order valence-electron chi connectivity index (χ2n) is 5.61. The quantitative estimate of drug-likeness (QED) is 0.920. The number of nitrogens with zero attached hydrogens (tertiary/aromatic N) is 1. The summed E-state index contributed by atoms with van der Waals surface area (Å²) in [4.78, 5) is 14.3. The summed E-state index contributed by atoms with van der Waals surface area (Å²) in [7, 11) is 0. The highest BCUT2D eigenvalue weighted by molar-refractivity contribution is 5.94. The van der Waals surface area contributed by atoms with E-state index in [0.29, 0.717) is 19.2 Å². The largest absolute Gasteiger partial charge is 0.373 e. The number of hydrogen-bond donors (Lipinski definition) is 1. The SMILES string of the molecule is O=C(NCC1CN2CCCC2CO1)c1cc(F)cc(F)c1. The second kappa shape index (κ2) is 6.07. The van der Waals surface area contributed by atoms with Gasteiger partial charge < -0.3 is 10.1 Å². The van der Waals surface area contributed by atoms with E-state index in [2.05, 4.69) is 10.2 Å². The van der Waals surface area contributed by atoms with E-state index in [1.54, 1.807) is 0 Å². The number of rotatable bonds is 3. The first-order chi connectivity index (χ1) is 10.1. The standard InChI is InChI=1S/C15H18F2N2O2/c16-11-4-10(5-12(17)6-11)15(20)18-7-14-8-19-3-1-2-13(19)9-21-14/h4-6,13-14H,1-3,7-9H2,(H,18,20). The molecule has 2 aliphatic rings. The molecule has 1 aromatic carbocycles. The fourth-order valence-corrected chi connectivity index (χ4v) is 3.00. The highest BCUT2D eigenvalue weighted by Gasteiger charge is 2.32. The average Bonchev–Trinajstić information content (AvgIpc) is 2.91. The molecule has 4 nitrogen and oxygen atoms in total. The zero-order valence-corrected chi connectivity index (χ0v) is 11.6. The summed E-state index contributed by atoms with van der Waals surface area (Å²) in [5.41, 5.74) is -0.0117. The fourth-order valence-electron chi connectivity index (χ4n) is 3.00. The molecule has 0 bridgehead atoms. The Balaban J connectivity index is 1.53. The summed E-state index contributed by atoms with van der Waals surface area (Å²) in [5.74, 6) is -2.00. The summed E-state index contributed by atoms with van der Waals surface area (Å²) in [6.07, 6.45) is 2.29. The second-order valence-corrected chi connectivity index (χ2v) is 5.61. The monoisotopic (exact) mass is 296 g/mol. The van der Waals surface area contributed by atoms with Crippen molar-refractivity contribution in [3.8, 4) is 0 Å². The van der Waals surface area contributed by atoms with Crippen LogP contribution in [0.15, 0.2) is 18.2 Å². The van der Waals surface area contributed by atoms with Crippen LogP contribution in [0, 0.1) is 11.6 Å². The Hall–Kier alpha value is -1.53. The Labute approximate surface area is 122 Å². The van der Waals surface area contributed by atoms with Gasteiger partial charge in [-0.15, -0.1) is 0 Å². The van der Waals surface area contributed by atoms with Crippen LogP contribution in [0.1, 0.15) is 23.2 Å². The minimum atomic E-state index is -0.756. The molecule has 6 heteroatoms. The van der Waals surface area contributed by atoms with Crippen LogP contribution in [0.5, 0.6) is 0 Å². The third-order valence-electron chi connectivity index (χ3n) is 4.08. The van der Waals surface area contributed by atoms with Crippen molar-refractivity contribution in [3.05, 3.63) is 35.4 Å². The molecule has 2 unspecified atom stereocenters. The van der Waals surface area contributed by atoms with E-state index in [9.17, 15) is 13.6 Å². The van der Waals surface area contributed by atoms with E-state index < -0.39 is 17.5 Å². The summed E-state index contributed by atoms with van der Waals surface area (Å²) in [5, 5.41) is 2.68. The van der Waals surface area contributed by atoms with Crippen LogP contribution in [0.3, 0.4) is 0 Å². The number of ether oxygens (including phenoxy) is 1. The third-order valence-corrected chi connectivity index (χ3v) is 4.08. The Kier molecular flexibility index (Phi) is 4.17. The molecule has 0 aromatic heterocycles. The highest BCUT2D eigenvalue weighted by atomic mass is 19.1. The van der Waals surface area contributed by atoms with Gasteiger partial charge in [-0.1, -0.05) is 0 Å². The highest BCUT2D eigenvalue weighted by Crippen LogP contribution is 2.22. The van der Waals surface area contributed by atoms with Gasteiger partial charge in [-0.2, -0.15) is 0 Å². The minimum Gasteiger partial charge on any atom is -0.373 e. The number of carbonyl (C=O) groups excluding carboxylic acids is 1. The maximum absolute atomic E-state index is 13.1. The number of fused-ring (bicyclic) bond motifs is 1. The molecule has 114 valence electrons. The zero-order valence-electron chi connectivity index (χ0n) is 11.6. The van der Waals surface area contributed by atoms with Gasteiger partial charge in [0.1, 0.15) is 11.6 Å². The Morgan fingerprint density at radius 3 is 2.86 bits per heavy atom. The number of halogens is 2. The van der Waals surface area contributed by atoms with Gasteiger partial charge in [0.25, 0.3) is 5.91 Å². The van der Waals surface area contributed by atoms with Crippen molar-refractivity contribution < 1.29 is 18.3 Å². The maximum Gasteiger partial charge on any atom is 0.251 e. The van der Waals surface area contributed by atoms with E-state index in [-0.39, 0.29) is 11.7 Å². The number of morpholine rings is 1. The smallest absolute Gasteiger partial charge is 0.251 e. The van der Waals surface area contributed by atoms with Crippen molar-refractivity contribution in [1.29, 1.82) is 0 Å². The van der Waals surface area contributed by atoms with Crippen molar-refractivity contribution in [2.45, 2.75) is 25.0 Å². The Morgan fingerprint density at radius 2 is 2.10 bits per heavy atom. The molecule has 3 rings (SSSR count). The molecule has 1 amide bonds. The molecule has 0 saturated carbocycles. The number of benzene rings is 1. The van der Waals surface area contributed by atoms with E-state index in [0.717, 1.165) is 31.3 Å². The van der Waals surface area contributed by atoms with Crippen LogP contribution in [-0.2, 0) is 4.74 Å². The van der Waals surface area contributed by atoms with Crippen LogP contribution in [0.25, 0.3) is 0 Å². The van der Waals surface area contributed by atoms with Gasteiger partial charge in [0.05, 0.1) is 12.7 Å². The van der Waals surface area contributed by atoms with Crippen LogP contribution >= 0.6 is 0 Å². The van der Waals surface area contributed by atoms with E-state index in [1.165, 1.54) is 12.8 Å². The first kappa shape index (κ1) is 14.4. The van der Waals surface area contributed by atoms with Crippen molar-refractivity contribution in [2.75, 3.05) is 26.2 Å². The topological polar surface area (TPSA) is 41.6 Å². The van der Waals surface area contributed by atoms with Gasteiger partial charge >= 0.3 is 0 Å². The van der Waals surface area contributed by atoms with E-state index >= 15 is 0 Å². The molecule has 1 aromatic rings. The van der Waals surface area contributed by atoms with Gasteiger partial charge in [0.15, 0.2) is 0 Å². The molecule has 2 atom stereocenters. The summed E-state index contributed by atoms with van der Waals surface area (Å²) in [6.45, 7) is 2.91. The molecule has 1 N–H and O–H groups in total. The van der Waals surface area contributed by atoms with E-state index in [4.69, 9.17) is 4.74 Å². The lowest BCUT2D eigenvalue weighted by Crippen LogP contribution is -2.50. The molecule has 0 aliphatic carbocycles. The summed E-state index contributed by atoms with van der Waals surface area (Å²) in [6, 6.07) is 3.30. The molecular formula is C15H18F2N2O2. The molecule has 2 fully saturated rings. The molecule has 2 heterocycles. The lowest BCUT2D eigenvalue weighted by atomic mass is 10.1. The van der Waals surface area contributed by atoms with Crippen molar-refractivity contribution >= 4 is 5.91 Å². The van der Waals surface area contributed by atoms with Gasteiger partial charge in [-0.25, -0.2) is 8.78 Å². The van der Waals surface area contributed by atoms with Crippen molar-refractivity contribution in [3.63, 3.8) is 0 Å². The lowest BCUT2D eigenvalue weighted by molar-refractivity contribution is -0.0461. The summed E-state index contributed by atoms with van der Waals surface area (Å²) >= 11 is 0. The number of amides is 1. The maximum atomic E-state index is 13.1. The Bertz CT molecular complexity index is 518. The van der Waals surface area contributed by atoms with Gasteiger partial charge in [-0.3, -0.25) is 9.69 Å². The number of carbonyl (C=O) groups is 1. The van der Waals surface area contributed by atoms with E-state index in [1.807, 2.05) is 0 Å². The molecule has 2 aliphatic heterocycles. The number of nitrogens with one attached hydrogen (secondary N) is 1. The van der Waals surface area contributed by atoms with Gasteiger partial charge in [0.2, 0.25) is 0 Å². The first-order valence-electron chi connectivity index (χ1n) is 7.22. The minimum absolute atomic E-state index is 0.0117. The normalized spacial score (nSPS) is 25.6. The van der Waals surface area contributed by atoms with Crippen LogP contribution in [0.2, 0.25) is 0 Å². The van der Waals surface area contributed by atoms with Crippen LogP contribution in [0.4, 0.5) is 8.78 Å². The predicted molar refractivity (Wildman–Crippen MR) is 73.0 cm³/mol. The summed E-state index contributed by atoms with van der Waals surface area (Å²) < 4.78 is 31.9. The predicted octanol–water partition coefficient (Wildman–Crippen LogP) is 1.56. The van der Waals surface area contributed by atoms with Crippen molar-refractivity contribution in [2.24, 2.45) is 0 Å². The molecule has 0 radical (unpaired) electrons. The Morgan fingerprint density at radius 1 is 1.33 bits per heavy atom.